The molecule has 0 aliphatic heterocycles. The molecule has 0 aromatic heterocycles. The molecule has 0 saturated carbocycles. The minimum Gasteiger partial charge on any atom is -0.294 e. The maximum atomic E-state index is 11.3. The highest BCUT2D eigenvalue weighted by molar-refractivity contribution is 5.94. The zero-order chi connectivity index (χ0) is 8.43. The van der Waals surface area contributed by atoms with Crippen LogP contribution in [0.2, 0.25) is 0 Å². The van der Waals surface area contributed by atoms with Crippen LogP contribution in [0, 0.1) is 5.92 Å². The maximum Gasteiger partial charge on any atom is 0.162 e. The van der Waals surface area contributed by atoms with Crippen molar-refractivity contribution in [3.8, 4) is 0 Å². The van der Waals surface area contributed by atoms with E-state index in [0.717, 1.165) is 18.4 Å². The van der Waals surface area contributed by atoms with E-state index in [2.05, 4.69) is 6.58 Å². The van der Waals surface area contributed by atoms with Crippen molar-refractivity contribution in [2.24, 2.45) is 5.92 Å². The molecule has 0 amide bonds. The lowest BCUT2D eigenvalue weighted by molar-refractivity contribution is -0.117. The van der Waals surface area contributed by atoms with Crippen LogP contribution in [0.15, 0.2) is 23.8 Å². The average Bonchev–Trinajstić information content (AvgIpc) is 1.85. The third-order valence-electron chi connectivity index (χ3n) is 2.15. The second-order valence-electron chi connectivity index (χ2n) is 3.33. The molecule has 11 heavy (non-hydrogen) atoms. The Morgan fingerprint density at radius 1 is 1.73 bits per heavy atom. The Morgan fingerprint density at radius 3 is 2.82 bits per heavy atom. The molecule has 1 unspecified atom stereocenters. The highest BCUT2D eigenvalue weighted by atomic mass is 16.1. The summed E-state index contributed by atoms with van der Waals surface area (Å²) < 4.78 is 0. The zero-order valence-corrected chi connectivity index (χ0v) is 7.18. The summed E-state index contributed by atoms with van der Waals surface area (Å²) in [7, 11) is 0. The predicted molar refractivity (Wildman–Crippen MR) is 46.3 cm³/mol. The van der Waals surface area contributed by atoms with Crippen molar-refractivity contribution in [3.63, 3.8) is 0 Å². The molecule has 1 aliphatic rings. The topological polar surface area (TPSA) is 17.1 Å². The van der Waals surface area contributed by atoms with Crippen LogP contribution in [0.4, 0.5) is 0 Å². The summed E-state index contributed by atoms with van der Waals surface area (Å²) in [4.78, 5) is 11.3. The maximum absolute atomic E-state index is 11.3. The fourth-order valence-corrected chi connectivity index (χ4v) is 1.42. The first-order chi connectivity index (χ1) is 5.11. The Morgan fingerprint density at radius 2 is 2.36 bits per heavy atom. The van der Waals surface area contributed by atoms with Crippen LogP contribution < -0.4 is 0 Å². The average molecular weight is 150 g/mol. The van der Waals surface area contributed by atoms with Gasteiger partial charge in [0, 0.05) is 5.92 Å². The molecule has 1 atom stereocenters. The molecule has 1 aliphatic carbocycles. The summed E-state index contributed by atoms with van der Waals surface area (Å²) >= 11 is 0. The molecule has 0 fully saturated rings. The van der Waals surface area contributed by atoms with Gasteiger partial charge in [0.1, 0.15) is 0 Å². The van der Waals surface area contributed by atoms with Crippen molar-refractivity contribution in [1.82, 2.24) is 0 Å². The predicted octanol–water partition coefficient (Wildman–Crippen LogP) is 2.49. The van der Waals surface area contributed by atoms with Crippen LogP contribution in [0.3, 0.4) is 0 Å². The minimum atomic E-state index is 0.0960. The number of ketones is 1. The first-order valence-electron chi connectivity index (χ1n) is 3.97. The van der Waals surface area contributed by atoms with Crippen LogP contribution >= 0.6 is 0 Å². The molecule has 0 N–H and O–H groups in total. The van der Waals surface area contributed by atoms with E-state index in [9.17, 15) is 4.79 Å². The van der Waals surface area contributed by atoms with E-state index in [4.69, 9.17) is 0 Å². The third-order valence-corrected chi connectivity index (χ3v) is 2.15. The monoisotopic (exact) mass is 150 g/mol. The highest BCUT2D eigenvalue weighted by Gasteiger charge is 2.20. The summed E-state index contributed by atoms with van der Waals surface area (Å²) in [5, 5.41) is 0. The van der Waals surface area contributed by atoms with E-state index in [1.54, 1.807) is 6.08 Å². The fourth-order valence-electron chi connectivity index (χ4n) is 1.42. The summed E-state index contributed by atoms with van der Waals surface area (Å²) in [6, 6.07) is 0. The van der Waals surface area contributed by atoms with Crippen molar-refractivity contribution in [2.45, 2.75) is 26.7 Å². The van der Waals surface area contributed by atoms with Crippen molar-refractivity contribution in [2.75, 3.05) is 0 Å². The molecular weight excluding hydrogens is 136 g/mol. The standard InChI is InChI=1S/C10H14O/c1-7(2)9-5-4-8(3)6-10(9)11/h6,9H,1,4-5H2,2-3H3. The van der Waals surface area contributed by atoms with Crippen LogP contribution in [0.1, 0.15) is 26.7 Å². The van der Waals surface area contributed by atoms with Gasteiger partial charge in [-0.2, -0.15) is 0 Å². The molecule has 1 rings (SSSR count). The largest absolute Gasteiger partial charge is 0.294 e. The summed E-state index contributed by atoms with van der Waals surface area (Å²) in [5.41, 5.74) is 2.20. The van der Waals surface area contributed by atoms with E-state index in [-0.39, 0.29) is 11.7 Å². The van der Waals surface area contributed by atoms with Crippen LogP contribution in [-0.4, -0.2) is 5.78 Å². The van der Waals surface area contributed by atoms with Gasteiger partial charge in [-0.15, -0.1) is 0 Å². The molecule has 0 bridgehead atoms. The number of carbonyl (C=O) groups is 1. The lowest BCUT2D eigenvalue weighted by Gasteiger charge is -2.18. The van der Waals surface area contributed by atoms with E-state index in [1.165, 1.54) is 5.57 Å². The molecule has 60 valence electrons. The number of hydrogen-bond acceptors (Lipinski definition) is 1. The lowest BCUT2D eigenvalue weighted by Crippen LogP contribution is -2.17. The first-order valence-corrected chi connectivity index (χ1v) is 3.97. The van der Waals surface area contributed by atoms with E-state index >= 15 is 0 Å². The smallest absolute Gasteiger partial charge is 0.162 e. The first kappa shape index (κ1) is 8.25. The summed E-state index contributed by atoms with van der Waals surface area (Å²) in [6.45, 7) is 7.74. The zero-order valence-electron chi connectivity index (χ0n) is 7.18. The molecule has 0 aromatic carbocycles. The van der Waals surface area contributed by atoms with Gasteiger partial charge in [-0.05, 0) is 32.8 Å². The van der Waals surface area contributed by atoms with Gasteiger partial charge < -0.3 is 0 Å². The molecule has 0 radical (unpaired) electrons. The Hall–Kier alpha value is -0.850. The van der Waals surface area contributed by atoms with Crippen molar-refractivity contribution in [1.29, 1.82) is 0 Å². The molecule has 0 heterocycles. The van der Waals surface area contributed by atoms with Gasteiger partial charge in [-0.3, -0.25) is 4.79 Å². The van der Waals surface area contributed by atoms with Crippen molar-refractivity contribution >= 4 is 5.78 Å². The number of hydrogen-bond donors (Lipinski definition) is 0. The summed E-state index contributed by atoms with van der Waals surface area (Å²) in [5.74, 6) is 0.333. The van der Waals surface area contributed by atoms with E-state index in [1.807, 2.05) is 13.8 Å². The fraction of sp³-hybridized carbons (Fsp3) is 0.500. The Bertz CT molecular complexity index is 223. The molecular formula is C10H14O. The molecule has 1 nitrogen and oxygen atoms in total. The second kappa shape index (κ2) is 3.04. The quantitative estimate of drug-likeness (QED) is 0.525. The van der Waals surface area contributed by atoms with Gasteiger partial charge >= 0.3 is 0 Å². The Labute approximate surface area is 67.8 Å². The van der Waals surface area contributed by atoms with E-state index < -0.39 is 0 Å². The van der Waals surface area contributed by atoms with Crippen LogP contribution in [0.5, 0.6) is 0 Å². The number of carbonyl (C=O) groups excluding carboxylic acids is 1. The van der Waals surface area contributed by atoms with Crippen molar-refractivity contribution in [3.05, 3.63) is 23.8 Å². The molecule has 1 heteroatoms. The van der Waals surface area contributed by atoms with Gasteiger partial charge in [0.25, 0.3) is 0 Å². The van der Waals surface area contributed by atoms with Gasteiger partial charge in [-0.1, -0.05) is 17.7 Å². The van der Waals surface area contributed by atoms with Gasteiger partial charge in [0.05, 0.1) is 0 Å². The Kier molecular flexibility index (Phi) is 2.28. The van der Waals surface area contributed by atoms with E-state index in [0.29, 0.717) is 0 Å². The lowest BCUT2D eigenvalue weighted by atomic mass is 9.85. The second-order valence-corrected chi connectivity index (χ2v) is 3.33. The van der Waals surface area contributed by atoms with Crippen molar-refractivity contribution < 1.29 is 4.79 Å². The number of allylic oxidation sites excluding steroid dienone is 3. The van der Waals surface area contributed by atoms with Crippen LogP contribution in [-0.2, 0) is 4.79 Å². The molecule has 0 spiro atoms. The van der Waals surface area contributed by atoms with Gasteiger partial charge in [0.15, 0.2) is 5.78 Å². The summed E-state index contributed by atoms with van der Waals surface area (Å²) in [6.07, 6.45) is 3.75. The minimum absolute atomic E-state index is 0.0960. The van der Waals surface area contributed by atoms with Crippen LogP contribution in [0.25, 0.3) is 0 Å². The normalized spacial score (nSPS) is 24.7. The molecule has 0 aromatic rings. The number of rotatable bonds is 1. The van der Waals surface area contributed by atoms with Gasteiger partial charge in [0.2, 0.25) is 0 Å². The molecule has 0 saturated heterocycles. The highest BCUT2D eigenvalue weighted by Crippen LogP contribution is 2.24. The van der Waals surface area contributed by atoms with Gasteiger partial charge in [-0.25, -0.2) is 0 Å². The Balaban J connectivity index is 2.76. The third kappa shape index (κ3) is 1.79. The SMILES string of the molecule is C=C(C)C1CCC(C)=CC1=O.